The number of pyridine rings is 1. The quantitative estimate of drug-likeness (QED) is 0.822. The minimum absolute atomic E-state index is 0.0275. The molecule has 3 N–H and O–H groups in total. The summed E-state index contributed by atoms with van der Waals surface area (Å²) in [5.74, 6) is 0. The first kappa shape index (κ1) is 13.7. The van der Waals surface area contributed by atoms with E-state index in [1.807, 2.05) is 0 Å². The maximum atomic E-state index is 12.1. The molecule has 0 saturated heterocycles. The molecule has 0 saturated carbocycles. The number of hydrogen-bond donors (Lipinski definition) is 2. The van der Waals surface area contributed by atoms with Gasteiger partial charge < -0.3 is 11.1 Å². The van der Waals surface area contributed by atoms with Crippen molar-refractivity contribution < 1.29 is 13.2 Å². The van der Waals surface area contributed by atoms with Gasteiger partial charge in [0.1, 0.15) is 11.5 Å². The van der Waals surface area contributed by atoms with Gasteiger partial charge in [0.2, 0.25) is 0 Å². The van der Waals surface area contributed by atoms with E-state index in [1.165, 1.54) is 6.07 Å². The Labute approximate surface area is 102 Å². The molecular weight excluding hydrogens is 251 g/mol. The van der Waals surface area contributed by atoms with Crippen molar-refractivity contribution in [2.75, 3.05) is 11.9 Å². The van der Waals surface area contributed by atoms with Crippen LogP contribution in [-0.4, -0.2) is 22.7 Å². The first-order chi connectivity index (χ1) is 7.70. The molecule has 0 spiro atoms. The standard InChI is InChI=1S/C10H12F3N3S/c1-5-3-7(15-4-10(11,12)13)8(9(14)17)6(2)16-5/h3H,4H2,1-2H3,(H2,14,17)(H,15,16). The van der Waals surface area contributed by atoms with Gasteiger partial charge in [0.25, 0.3) is 0 Å². The fourth-order valence-corrected chi connectivity index (χ4v) is 1.73. The fraction of sp³-hybridized carbons (Fsp3) is 0.400. The molecule has 0 aliphatic heterocycles. The van der Waals surface area contributed by atoms with E-state index in [0.717, 1.165) is 0 Å². The third-order valence-corrected chi connectivity index (χ3v) is 2.26. The zero-order valence-corrected chi connectivity index (χ0v) is 10.2. The smallest absolute Gasteiger partial charge is 0.389 e. The minimum Gasteiger partial charge on any atom is -0.389 e. The van der Waals surface area contributed by atoms with Crippen LogP contribution in [0.4, 0.5) is 18.9 Å². The Balaban J connectivity index is 3.09. The Kier molecular flexibility index (Phi) is 3.92. The lowest BCUT2D eigenvalue weighted by Crippen LogP contribution is -2.24. The van der Waals surface area contributed by atoms with E-state index in [-0.39, 0.29) is 10.7 Å². The summed E-state index contributed by atoms with van der Waals surface area (Å²) >= 11 is 4.80. The normalized spacial score (nSPS) is 11.4. The summed E-state index contributed by atoms with van der Waals surface area (Å²) in [4.78, 5) is 4.14. The lowest BCUT2D eigenvalue weighted by atomic mass is 10.1. The summed E-state index contributed by atoms with van der Waals surface area (Å²) in [6.07, 6.45) is -4.29. The average molecular weight is 263 g/mol. The third kappa shape index (κ3) is 3.85. The van der Waals surface area contributed by atoms with Gasteiger partial charge in [-0.15, -0.1) is 0 Å². The number of hydrogen-bond acceptors (Lipinski definition) is 3. The predicted molar refractivity (Wildman–Crippen MR) is 64.1 cm³/mol. The molecule has 94 valence electrons. The number of alkyl halides is 3. The Hall–Kier alpha value is -1.37. The van der Waals surface area contributed by atoms with Crippen molar-refractivity contribution in [1.82, 2.24) is 4.98 Å². The van der Waals surface area contributed by atoms with Gasteiger partial charge in [0, 0.05) is 17.1 Å². The molecule has 1 heterocycles. The predicted octanol–water partition coefficient (Wildman–Crippen LogP) is 2.31. The maximum absolute atomic E-state index is 12.1. The van der Waals surface area contributed by atoms with Crippen molar-refractivity contribution in [2.24, 2.45) is 5.73 Å². The molecular formula is C10H12F3N3S. The zero-order chi connectivity index (χ0) is 13.2. The Bertz CT molecular complexity index is 443. The summed E-state index contributed by atoms with van der Waals surface area (Å²) in [5, 5.41) is 2.28. The van der Waals surface area contributed by atoms with E-state index in [1.54, 1.807) is 13.8 Å². The number of aromatic nitrogens is 1. The SMILES string of the molecule is Cc1cc(NCC(F)(F)F)c(C(N)=S)c(C)n1. The molecule has 0 amide bonds. The molecule has 1 rings (SSSR count). The number of nitrogens with zero attached hydrogens (tertiary/aromatic N) is 1. The second kappa shape index (κ2) is 4.87. The van der Waals surface area contributed by atoms with Crippen LogP contribution >= 0.6 is 12.2 Å². The molecule has 7 heteroatoms. The van der Waals surface area contributed by atoms with Gasteiger partial charge >= 0.3 is 6.18 Å². The molecule has 0 aromatic carbocycles. The van der Waals surface area contributed by atoms with Crippen molar-refractivity contribution in [2.45, 2.75) is 20.0 Å². The van der Waals surface area contributed by atoms with Gasteiger partial charge in [-0.25, -0.2) is 0 Å². The molecule has 0 atom stereocenters. The van der Waals surface area contributed by atoms with E-state index in [4.69, 9.17) is 18.0 Å². The summed E-state index contributed by atoms with van der Waals surface area (Å²) in [5.41, 5.74) is 7.21. The van der Waals surface area contributed by atoms with E-state index >= 15 is 0 Å². The van der Waals surface area contributed by atoms with Crippen LogP contribution in [0.1, 0.15) is 17.0 Å². The second-order valence-corrected chi connectivity index (χ2v) is 4.04. The molecule has 3 nitrogen and oxygen atoms in total. The molecule has 0 radical (unpaired) electrons. The number of thiocarbonyl (C=S) groups is 1. The van der Waals surface area contributed by atoms with E-state index in [9.17, 15) is 13.2 Å². The van der Waals surface area contributed by atoms with Gasteiger partial charge in [0.15, 0.2) is 0 Å². The van der Waals surface area contributed by atoms with Crippen molar-refractivity contribution in [3.05, 3.63) is 23.0 Å². The number of halogens is 3. The monoisotopic (exact) mass is 263 g/mol. The van der Waals surface area contributed by atoms with Crippen LogP contribution in [-0.2, 0) is 0 Å². The number of nitrogens with one attached hydrogen (secondary N) is 1. The molecule has 0 unspecified atom stereocenters. The summed E-state index contributed by atoms with van der Waals surface area (Å²) in [7, 11) is 0. The molecule has 0 fully saturated rings. The number of aryl methyl sites for hydroxylation is 2. The van der Waals surface area contributed by atoms with Crippen LogP contribution in [0.5, 0.6) is 0 Å². The lowest BCUT2D eigenvalue weighted by Gasteiger charge is -2.15. The number of nitrogens with two attached hydrogens (primary N) is 1. The van der Waals surface area contributed by atoms with Crippen LogP contribution < -0.4 is 11.1 Å². The second-order valence-electron chi connectivity index (χ2n) is 3.60. The highest BCUT2D eigenvalue weighted by Crippen LogP contribution is 2.22. The van der Waals surface area contributed by atoms with Crippen LogP contribution in [0.15, 0.2) is 6.07 Å². The first-order valence-electron chi connectivity index (χ1n) is 4.79. The topological polar surface area (TPSA) is 50.9 Å². The van der Waals surface area contributed by atoms with Crippen LogP contribution in [0.25, 0.3) is 0 Å². The van der Waals surface area contributed by atoms with Crippen LogP contribution in [0.3, 0.4) is 0 Å². The molecule has 0 aliphatic rings. The summed E-state index contributed by atoms with van der Waals surface area (Å²) in [6, 6.07) is 1.49. The first-order valence-corrected chi connectivity index (χ1v) is 5.20. The van der Waals surface area contributed by atoms with Gasteiger partial charge in [-0.3, -0.25) is 4.98 Å². The van der Waals surface area contributed by atoms with Crippen molar-refractivity contribution in [3.63, 3.8) is 0 Å². The van der Waals surface area contributed by atoms with Gasteiger partial charge in [0.05, 0.1) is 5.56 Å². The number of rotatable bonds is 3. The molecule has 0 bridgehead atoms. The van der Waals surface area contributed by atoms with Gasteiger partial charge in [-0.05, 0) is 19.9 Å². The van der Waals surface area contributed by atoms with Crippen molar-refractivity contribution in [3.8, 4) is 0 Å². The third-order valence-electron chi connectivity index (χ3n) is 2.05. The molecule has 1 aromatic heterocycles. The number of anilines is 1. The highest BCUT2D eigenvalue weighted by atomic mass is 32.1. The fourth-order valence-electron chi connectivity index (χ4n) is 1.47. The molecule has 0 aliphatic carbocycles. The minimum atomic E-state index is -4.29. The van der Waals surface area contributed by atoms with E-state index < -0.39 is 12.7 Å². The average Bonchev–Trinajstić information content (AvgIpc) is 2.11. The largest absolute Gasteiger partial charge is 0.405 e. The van der Waals surface area contributed by atoms with Crippen molar-refractivity contribution >= 4 is 22.9 Å². The highest BCUT2D eigenvalue weighted by Gasteiger charge is 2.27. The van der Waals surface area contributed by atoms with E-state index in [0.29, 0.717) is 17.0 Å². The Morgan fingerprint density at radius 1 is 1.47 bits per heavy atom. The molecule has 1 aromatic rings. The Morgan fingerprint density at radius 3 is 2.53 bits per heavy atom. The van der Waals surface area contributed by atoms with Crippen LogP contribution in [0.2, 0.25) is 0 Å². The van der Waals surface area contributed by atoms with Crippen LogP contribution in [0, 0.1) is 13.8 Å². The van der Waals surface area contributed by atoms with Crippen molar-refractivity contribution in [1.29, 1.82) is 0 Å². The van der Waals surface area contributed by atoms with Gasteiger partial charge in [-0.1, -0.05) is 12.2 Å². The summed E-state index contributed by atoms with van der Waals surface area (Å²) in [6.45, 7) is 2.21. The summed E-state index contributed by atoms with van der Waals surface area (Å²) < 4.78 is 36.4. The maximum Gasteiger partial charge on any atom is 0.405 e. The lowest BCUT2D eigenvalue weighted by molar-refractivity contribution is -0.115. The highest BCUT2D eigenvalue weighted by molar-refractivity contribution is 7.80. The molecule has 17 heavy (non-hydrogen) atoms. The van der Waals surface area contributed by atoms with E-state index in [2.05, 4.69) is 10.3 Å². The Morgan fingerprint density at radius 2 is 2.06 bits per heavy atom. The zero-order valence-electron chi connectivity index (χ0n) is 9.35. The van der Waals surface area contributed by atoms with Gasteiger partial charge in [-0.2, -0.15) is 13.2 Å².